The molecule has 1 aliphatic rings. The normalized spacial score (nSPS) is 15.6. The van der Waals surface area contributed by atoms with Crippen LogP contribution in [-0.4, -0.2) is 16.0 Å². The second kappa shape index (κ2) is 7.66. The van der Waals surface area contributed by atoms with Gasteiger partial charge in [-0.1, -0.05) is 41.9 Å². The van der Waals surface area contributed by atoms with Crippen LogP contribution < -0.4 is 0 Å². The van der Waals surface area contributed by atoms with Gasteiger partial charge in [-0.25, -0.2) is 4.39 Å². The third kappa shape index (κ3) is 3.74. The minimum Gasteiger partial charge on any atom is -0.457 e. The molecule has 2 amide bonds. The maximum atomic E-state index is 13.3. The largest absolute Gasteiger partial charge is 0.457 e. The molecule has 2 heterocycles. The lowest BCUT2D eigenvalue weighted by atomic mass is 10.2. The number of carbonyl (C=O) groups is 2. The Labute approximate surface area is 169 Å². The highest BCUT2D eigenvalue weighted by atomic mass is 35.5. The highest BCUT2D eigenvalue weighted by Crippen LogP contribution is 2.34. The van der Waals surface area contributed by atoms with Crippen molar-refractivity contribution >= 4 is 40.6 Å². The van der Waals surface area contributed by atoms with Gasteiger partial charge in [0.15, 0.2) is 0 Å². The van der Waals surface area contributed by atoms with E-state index in [0.717, 1.165) is 17.3 Å². The van der Waals surface area contributed by atoms with Crippen molar-refractivity contribution in [2.45, 2.75) is 6.54 Å². The summed E-state index contributed by atoms with van der Waals surface area (Å²) in [7, 11) is 0. The Balaban J connectivity index is 1.55. The molecule has 1 saturated heterocycles. The van der Waals surface area contributed by atoms with Crippen LogP contribution >= 0.6 is 23.4 Å². The van der Waals surface area contributed by atoms with Crippen LogP contribution in [0.2, 0.25) is 5.02 Å². The van der Waals surface area contributed by atoms with Crippen molar-refractivity contribution in [2.75, 3.05) is 0 Å². The van der Waals surface area contributed by atoms with Crippen molar-refractivity contribution in [1.29, 1.82) is 0 Å². The number of furan rings is 1. The summed E-state index contributed by atoms with van der Waals surface area (Å²) in [6.45, 7) is 0.223. The zero-order chi connectivity index (χ0) is 19.7. The fourth-order valence-electron chi connectivity index (χ4n) is 2.77. The average molecular weight is 414 g/mol. The molecular formula is C21H13ClFNO3S. The number of rotatable bonds is 4. The first-order chi connectivity index (χ1) is 13.5. The zero-order valence-electron chi connectivity index (χ0n) is 14.4. The van der Waals surface area contributed by atoms with E-state index in [-0.39, 0.29) is 22.7 Å². The number of hydrogen-bond donors (Lipinski definition) is 0. The fraction of sp³-hybridized carbons (Fsp3) is 0.0476. The summed E-state index contributed by atoms with van der Waals surface area (Å²) in [5.74, 6) is 0.0308. The van der Waals surface area contributed by atoms with Crippen molar-refractivity contribution < 1.29 is 18.4 Å². The van der Waals surface area contributed by atoms with Crippen molar-refractivity contribution in [3.63, 3.8) is 0 Å². The lowest BCUT2D eigenvalue weighted by Gasteiger charge is -2.11. The van der Waals surface area contributed by atoms with Gasteiger partial charge in [0.25, 0.3) is 11.1 Å². The van der Waals surface area contributed by atoms with Gasteiger partial charge in [0.2, 0.25) is 0 Å². The molecule has 0 atom stereocenters. The Morgan fingerprint density at radius 3 is 2.61 bits per heavy atom. The minimum absolute atomic E-state index is 0.00233. The number of halogens is 2. The molecule has 0 spiro atoms. The summed E-state index contributed by atoms with van der Waals surface area (Å²) in [6, 6.07) is 17.0. The third-order valence-electron chi connectivity index (χ3n) is 4.16. The number of benzene rings is 2. The predicted molar refractivity (Wildman–Crippen MR) is 107 cm³/mol. The van der Waals surface area contributed by atoms with E-state index in [0.29, 0.717) is 22.0 Å². The van der Waals surface area contributed by atoms with Crippen LogP contribution in [0.25, 0.3) is 17.4 Å². The highest BCUT2D eigenvalue weighted by molar-refractivity contribution is 8.18. The van der Waals surface area contributed by atoms with Crippen molar-refractivity contribution in [3.8, 4) is 11.3 Å². The summed E-state index contributed by atoms with van der Waals surface area (Å²) in [5, 5.41) is -0.324. The van der Waals surface area contributed by atoms with Crippen LogP contribution in [0.4, 0.5) is 9.18 Å². The summed E-state index contributed by atoms with van der Waals surface area (Å²) in [4.78, 5) is 26.3. The van der Waals surface area contributed by atoms with Gasteiger partial charge in [0, 0.05) is 11.6 Å². The Hall–Kier alpha value is -2.83. The van der Waals surface area contributed by atoms with E-state index in [1.54, 1.807) is 18.2 Å². The quantitative estimate of drug-likeness (QED) is 0.494. The number of amides is 2. The molecule has 0 bridgehead atoms. The van der Waals surface area contributed by atoms with E-state index in [9.17, 15) is 14.0 Å². The summed E-state index contributed by atoms with van der Waals surface area (Å²) in [5.41, 5.74) is 1.49. The Kier molecular flexibility index (Phi) is 5.07. The van der Waals surface area contributed by atoms with Gasteiger partial charge in [0.05, 0.1) is 16.5 Å². The molecule has 4 rings (SSSR count). The molecule has 2 aromatic carbocycles. The van der Waals surface area contributed by atoms with Gasteiger partial charge in [-0.05, 0) is 47.7 Å². The molecule has 0 aliphatic carbocycles. The number of hydrogen-bond acceptors (Lipinski definition) is 4. The van der Waals surface area contributed by atoms with Gasteiger partial charge < -0.3 is 4.42 Å². The minimum atomic E-state index is -0.510. The number of carbonyl (C=O) groups excluding carboxylic acids is 2. The first-order valence-corrected chi connectivity index (χ1v) is 9.55. The fourth-order valence-corrected chi connectivity index (χ4v) is 3.77. The topological polar surface area (TPSA) is 50.5 Å². The van der Waals surface area contributed by atoms with Crippen LogP contribution in [0.15, 0.2) is 70.0 Å². The Morgan fingerprint density at radius 1 is 1.07 bits per heavy atom. The van der Waals surface area contributed by atoms with Gasteiger partial charge >= 0.3 is 0 Å². The second-order valence-electron chi connectivity index (χ2n) is 6.08. The maximum absolute atomic E-state index is 13.3. The number of nitrogens with zero attached hydrogens (tertiary/aromatic N) is 1. The van der Waals surface area contributed by atoms with Crippen molar-refractivity contribution in [3.05, 3.63) is 87.7 Å². The first kappa shape index (κ1) is 18.5. The predicted octanol–water partition coefficient (Wildman–Crippen LogP) is 5.98. The van der Waals surface area contributed by atoms with E-state index in [1.807, 2.05) is 30.3 Å². The smallest absolute Gasteiger partial charge is 0.293 e. The molecule has 28 heavy (non-hydrogen) atoms. The van der Waals surface area contributed by atoms with Crippen LogP contribution in [0.3, 0.4) is 0 Å². The van der Waals surface area contributed by atoms with Crippen LogP contribution in [0, 0.1) is 5.82 Å². The van der Waals surface area contributed by atoms with E-state index >= 15 is 0 Å². The third-order valence-corrected chi connectivity index (χ3v) is 5.36. The summed E-state index contributed by atoms with van der Waals surface area (Å²) >= 11 is 6.68. The molecule has 4 nitrogen and oxygen atoms in total. The molecule has 1 fully saturated rings. The lowest BCUT2D eigenvalue weighted by molar-refractivity contribution is -0.123. The van der Waals surface area contributed by atoms with Crippen molar-refractivity contribution in [2.24, 2.45) is 0 Å². The number of thioether (sulfide) groups is 1. The van der Waals surface area contributed by atoms with E-state index < -0.39 is 5.82 Å². The molecule has 0 radical (unpaired) electrons. The standard InChI is InChI=1S/C21H13ClFNO3S/c22-16-10-14(6-8-17(16)23)18-9-7-15(27-18)11-19-20(25)24(21(26)28-19)12-13-4-2-1-3-5-13/h1-11H,12H2/b19-11-. The molecule has 0 N–H and O–H groups in total. The molecule has 140 valence electrons. The second-order valence-corrected chi connectivity index (χ2v) is 7.48. The van der Waals surface area contributed by atoms with Crippen LogP contribution in [0.5, 0.6) is 0 Å². The zero-order valence-corrected chi connectivity index (χ0v) is 16.0. The molecule has 1 aromatic heterocycles. The van der Waals surface area contributed by atoms with Gasteiger partial charge in [-0.15, -0.1) is 0 Å². The highest BCUT2D eigenvalue weighted by Gasteiger charge is 2.35. The molecular weight excluding hydrogens is 401 g/mol. The van der Waals surface area contributed by atoms with Gasteiger partial charge in [0.1, 0.15) is 17.3 Å². The van der Waals surface area contributed by atoms with Crippen molar-refractivity contribution in [1.82, 2.24) is 4.90 Å². The molecule has 3 aromatic rings. The molecule has 0 saturated carbocycles. The average Bonchev–Trinajstić information content (AvgIpc) is 3.25. The monoisotopic (exact) mass is 413 g/mol. The maximum Gasteiger partial charge on any atom is 0.293 e. The van der Waals surface area contributed by atoms with E-state index in [1.165, 1.54) is 23.1 Å². The SMILES string of the molecule is O=C1S/C(=C\c2ccc(-c3ccc(F)c(Cl)c3)o2)C(=O)N1Cc1ccccc1. The first-order valence-electron chi connectivity index (χ1n) is 8.36. The lowest BCUT2D eigenvalue weighted by Crippen LogP contribution is -2.27. The van der Waals surface area contributed by atoms with Crippen LogP contribution in [-0.2, 0) is 11.3 Å². The Bertz CT molecular complexity index is 1090. The summed E-state index contributed by atoms with van der Waals surface area (Å²) in [6.07, 6.45) is 1.53. The van der Waals surface area contributed by atoms with Gasteiger partial charge in [-0.3, -0.25) is 14.5 Å². The molecule has 1 aliphatic heterocycles. The molecule has 0 unspecified atom stereocenters. The summed E-state index contributed by atoms with van der Waals surface area (Å²) < 4.78 is 19.0. The van der Waals surface area contributed by atoms with Gasteiger partial charge in [-0.2, -0.15) is 0 Å². The molecule has 7 heteroatoms. The number of imide groups is 1. The van der Waals surface area contributed by atoms with Crippen LogP contribution in [0.1, 0.15) is 11.3 Å². The Morgan fingerprint density at radius 2 is 1.86 bits per heavy atom. The van der Waals surface area contributed by atoms with E-state index in [2.05, 4.69) is 0 Å². The van der Waals surface area contributed by atoms with E-state index in [4.69, 9.17) is 16.0 Å².